The van der Waals surface area contributed by atoms with E-state index in [9.17, 15) is 4.79 Å². The molecule has 0 atom stereocenters. The highest BCUT2D eigenvalue weighted by atomic mass is 35.5. The molecule has 0 unspecified atom stereocenters. The van der Waals surface area contributed by atoms with E-state index in [1.165, 1.54) is 44.9 Å². The number of hydrogen-bond acceptors (Lipinski definition) is 3. The van der Waals surface area contributed by atoms with Gasteiger partial charge in [-0.15, -0.1) is 12.4 Å². The van der Waals surface area contributed by atoms with Crippen molar-refractivity contribution in [2.24, 2.45) is 5.92 Å². The minimum absolute atomic E-state index is 0. The van der Waals surface area contributed by atoms with Gasteiger partial charge < -0.3 is 10.2 Å². The van der Waals surface area contributed by atoms with E-state index in [4.69, 9.17) is 0 Å². The van der Waals surface area contributed by atoms with Crippen molar-refractivity contribution in [3.05, 3.63) is 0 Å². The molecule has 1 amide bonds. The van der Waals surface area contributed by atoms with Gasteiger partial charge in [0, 0.05) is 13.1 Å². The Balaban J connectivity index is 0.00000220. The van der Waals surface area contributed by atoms with Crippen molar-refractivity contribution in [1.82, 2.24) is 15.1 Å². The Morgan fingerprint density at radius 2 is 1.67 bits per heavy atom. The van der Waals surface area contributed by atoms with Crippen LogP contribution in [0.4, 0.5) is 0 Å². The van der Waals surface area contributed by atoms with Crippen LogP contribution in [0.5, 0.6) is 0 Å². The molecular weight excluding hydrogens is 286 g/mol. The molecular formula is C16H32ClN3O. The van der Waals surface area contributed by atoms with Gasteiger partial charge in [0.2, 0.25) is 5.91 Å². The van der Waals surface area contributed by atoms with Gasteiger partial charge in [0.1, 0.15) is 0 Å². The zero-order valence-corrected chi connectivity index (χ0v) is 14.3. The first-order chi connectivity index (χ1) is 9.79. The minimum atomic E-state index is 0. The molecule has 21 heavy (non-hydrogen) atoms. The van der Waals surface area contributed by atoms with E-state index in [2.05, 4.69) is 15.1 Å². The molecule has 2 aliphatic rings. The number of piperidine rings is 1. The monoisotopic (exact) mass is 317 g/mol. The lowest BCUT2D eigenvalue weighted by Gasteiger charge is -2.33. The number of carbonyl (C=O) groups is 1. The summed E-state index contributed by atoms with van der Waals surface area (Å²) < 4.78 is 0. The van der Waals surface area contributed by atoms with Crippen LogP contribution in [0, 0.1) is 5.92 Å². The van der Waals surface area contributed by atoms with E-state index in [1.807, 2.05) is 7.05 Å². The smallest absolute Gasteiger partial charge is 0.236 e. The summed E-state index contributed by atoms with van der Waals surface area (Å²) in [5.74, 6) is 1.22. The number of amides is 1. The summed E-state index contributed by atoms with van der Waals surface area (Å²) in [7, 11) is 2.02. The first kappa shape index (κ1) is 18.7. The summed E-state index contributed by atoms with van der Waals surface area (Å²) in [6, 6.07) is 0. The molecule has 1 N–H and O–H groups in total. The quantitative estimate of drug-likeness (QED) is 0.844. The third-order valence-corrected chi connectivity index (χ3v) is 4.83. The molecule has 2 heterocycles. The van der Waals surface area contributed by atoms with Crippen molar-refractivity contribution in [3.63, 3.8) is 0 Å². The van der Waals surface area contributed by atoms with E-state index in [1.54, 1.807) is 0 Å². The zero-order chi connectivity index (χ0) is 14.2. The van der Waals surface area contributed by atoms with Gasteiger partial charge in [0.25, 0.3) is 0 Å². The number of hydrogen-bond donors (Lipinski definition) is 1. The summed E-state index contributed by atoms with van der Waals surface area (Å²) in [4.78, 5) is 16.8. The van der Waals surface area contributed by atoms with Crippen molar-refractivity contribution < 1.29 is 4.79 Å². The van der Waals surface area contributed by atoms with Gasteiger partial charge in [0.15, 0.2) is 0 Å². The largest absolute Gasteiger partial charge is 0.342 e. The van der Waals surface area contributed by atoms with Gasteiger partial charge >= 0.3 is 0 Å². The summed E-state index contributed by atoms with van der Waals surface area (Å²) in [6.07, 6.45) is 8.77. The SMILES string of the molecule is CNCCC1CCN(CC(=O)N2CCCCCC2)CC1.Cl. The first-order valence-corrected chi connectivity index (χ1v) is 8.44. The molecule has 2 fully saturated rings. The van der Waals surface area contributed by atoms with Gasteiger partial charge in [-0.2, -0.15) is 0 Å². The van der Waals surface area contributed by atoms with Crippen molar-refractivity contribution in [2.45, 2.75) is 44.9 Å². The molecule has 2 rings (SSSR count). The summed E-state index contributed by atoms with van der Waals surface area (Å²) in [5.41, 5.74) is 0. The topological polar surface area (TPSA) is 35.6 Å². The van der Waals surface area contributed by atoms with Crippen LogP contribution in [0.2, 0.25) is 0 Å². The second kappa shape index (κ2) is 10.4. The van der Waals surface area contributed by atoms with Crippen LogP contribution in [-0.2, 0) is 4.79 Å². The van der Waals surface area contributed by atoms with Crippen LogP contribution in [0.25, 0.3) is 0 Å². The second-order valence-electron chi connectivity index (χ2n) is 6.41. The molecule has 5 heteroatoms. The number of rotatable bonds is 5. The molecule has 0 aromatic rings. The van der Waals surface area contributed by atoms with Crippen LogP contribution in [0.15, 0.2) is 0 Å². The summed E-state index contributed by atoms with van der Waals surface area (Å²) in [5, 5.41) is 3.23. The van der Waals surface area contributed by atoms with Crippen molar-refractivity contribution in [1.29, 1.82) is 0 Å². The Labute approximate surface area is 136 Å². The molecule has 0 radical (unpaired) electrons. The zero-order valence-electron chi connectivity index (χ0n) is 13.5. The highest BCUT2D eigenvalue weighted by molar-refractivity contribution is 5.85. The highest BCUT2D eigenvalue weighted by Crippen LogP contribution is 2.20. The maximum absolute atomic E-state index is 12.3. The summed E-state index contributed by atoms with van der Waals surface area (Å²) >= 11 is 0. The predicted octanol–water partition coefficient (Wildman–Crippen LogP) is 2.13. The maximum atomic E-state index is 12.3. The molecule has 0 saturated carbocycles. The third kappa shape index (κ3) is 6.54. The van der Waals surface area contributed by atoms with E-state index < -0.39 is 0 Å². The predicted molar refractivity (Wildman–Crippen MR) is 90.0 cm³/mol. The molecule has 124 valence electrons. The lowest BCUT2D eigenvalue weighted by atomic mass is 9.93. The lowest BCUT2D eigenvalue weighted by Crippen LogP contribution is -2.44. The fourth-order valence-electron chi connectivity index (χ4n) is 3.39. The van der Waals surface area contributed by atoms with Gasteiger partial charge in [-0.25, -0.2) is 0 Å². The fourth-order valence-corrected chi connectivity index (χ4v) is 3.39. The van der Waals surface area contributed by atoms with Crippen molar-refractivity contribution in [3.8, 4) is 0 Å². The standard InChI is InChI=1S/C16H31N3O.ClH/c1-17-9-6-15-7-12-18(13-8-15)14-16(20)19-10-4-2-3-5-11-19;/h15,17H,2-14H2,1H3;1H. The van der Waals surface area contributed by atoms with E-state index in [0.717, 1.165) is 38.6 Å². The average molecular weight is 318 g/mol. The van der Waals surface area contributed by atoms with Gasteiger partial charge in [0.05, 0.1) is 6.54 Å². The third-order valence-electron chi connectivity index (χ3n) is 4.83. The molecule has 0 aromatic heterocycles. The van der Waals surface area contributed by atoms with Crippen LogP contribution >= 0.6 is 12.4 Å². The number of halogens is 1. The number of nitrogens with one attached hydrogen (secondary N) is 1. The Bertz CT molecular complexity index is 285. The molecule has 0 aliphatic carbocycles. The molecule has 4 nitrogen and oxygen atoms in total. The fraction of sp³-hybridized carbons (Fsp3) is 0.938. The Hall–Kier alpha value is -0.320. The van der Waals surface area contributed by atoms with Gasteiger partial charge in [-0.05, 0) is 64.7 Å². The van der Waals surface area contributed by atoms with Crippen LogP contribution in [0.1, 0.15) is 44.9 Å². The molecule has 0 spiro atoms. The Kier molecular flexibility index (Phi) is 9.29. The van der Waals surface area contributed by atoms with Gasteiger partial charge in [-0.1, -0.05) is 12.8 Å². The Morgan fingerprint density at radius 3 is 2.24 bits per heavy atom. The van der Waals surface area contributed by atoms with Crippen LogP contribution in [-0.4, -0.2) is 62.0 Å². The minimum Gasteiger partial charge on any atom is -0.342 e. The molecule has 2 aliphatic heterocycles. The number of carbonyl (C=O) groups excluding carboxylic acids is 1. The van der Waals surface area contributed by atoms with Crippen molar-refractivity contribution >= 4 is 18.3 Å². The molecule has 2 saturated heterocycles. The molecule has 0 bridgehead atoms. The summed E-state index contributed by atoms with van der Waals surface area (Å²) in [6.45, 7) is 5.95. The van der Waals surface area contributed by atoms with Gasteiger partial charge in [-0.3, -0.25) is 9.69 Å². The van der Waals surface area contributed by atoms with Crippen LogP contribution in [0.3, 0.4) is 0 Å². The number of likely N-dealkylation sites (tertiary alicyclic amines) is 2. The Morgan fingerprint density at radius 1 is 1.05 bits per heavy atom. The second-order valence-corrected chi connectivity index (χ2v) is 6.41. The van der Waals surface area contributed by atoms with E-state index >= 15 is 0 Å². The number of nitrogens with zero attached hydrogens (tertiary/aromatic N) is 2. The van der Waals surface area contributed by atoms with E-state index in [-0.39, 0.29) is 12.4 Å². The highest BCUT2D eigenvalue weighted by Gasteiger charge is 2.23. The average Bonchev–Trinajstić information content (AvgIpc) is 2.75. The van der Waals surface area contributed by atoms with Crippen molar-refractivity contribution in [2.75, 3.05) is 46.3 Å². The molecule has 0 aromatic carbocycles. The maximum Gasteiger partial charge on any atom is 0.236 e. The van der Waals surface area contributed by atoms with E-state index in [0.29, 0.717) is 12.5 Å². The van der Waals surface area contributed by atoms with Crippen LogP contribution < -0.4 is 5.32 Å². The normalized spacial score (nSPS) is 21.7. The lowest BCUT2D eigenvalue weighted by molar-refractivity contribution is -0.132. The first-order valence-electron chi connectivity index (χ1n) is 8.44.